The van der Waals surface area contributed by atoms with Gasteiger partial charge in [-0.25, -0.2) is 0 Å². The monoisotopic (exact) mass is 384 g/mol. The molecule has 4 rings (SSSR count). The van der Waals surface area contributed by atoms with Crippen molar-refractivity contribution < 1.29 is 14.0 Å². The van der Waals surface area contributed by atoms with Crippen LogP contribution in [0.2, 0.25) is 0 Å². The molecule has 0 aliphatic carbocycles. The Morgan fingerprint density at radius 2 is 1.68 bits per heavy atom. The van der Waals surface area contributed by atoms with Crippen molar-refractivity contribution in [2.75, 3.05) is 31.2 Å². The van der Waals surface area contributed by atoms with E-state index < -0.39 is 7.12 Å². The Bertz CT molecular complexity index is 931. The summed E-state index contributed by atoms with van der Waals surface area (Å²) in [5, 5.41) is 1.05. The van der Waals surface area contributed by atoms with Crippen molar-refractivity contribution in [3.8, 4) is 0 Å². The van der Waals surface area contributed by atoms with Gasteiger partial charge in [-0.1, -0.05) is 12.1 Å². The largest absolute Gasteiger partial charge is 0.494 e. The number of rotatable bonds is 3. The van der Waals surface area contributed by atoms with Gasteiger partial charge in [0, 0.05) is 31.1 Å². The molecule has 2 aliphatic rings. The zero-order valence-corrected chi connectivity index (χ0v) is 17.4. The predicted molar refractivity (Wildman–Crippen MR) is 113 cm³/mol. The average molecular weight is 384 g/mol. The fourth-order valence-corrected chi connectivity index (χ4v) is 3.90. The summed E-state index contributed by atoms with van der Waals surface area (Å²) >= 11 is 0. The molecular weight excluding hydrogens is 355 g/mol. The summed E-state index contributed by atoms with van der Waals surface area (Å²) in [6, 6.07) is 7.91. The summed E-state index contributed by atoms with van der Waals surface area (Å²) in [6.45, 7) is 13.8. The molecular formula is C21H29BN2O4. The molecule has 0 saturated carbocycles. The maximum atomic E-state index is 12.7. The number of benzene rings is 1. The number of aryl methyl sites for hydroxylation is 1. The third-order valence-corrected chi connectivity index (χ3v) is 6.31. The molecule has 1 aromatic carbocycles. The molecule has 0 radical (unpaired) electrons. The smallest absolute Gasteiger partial charge is 0.399 e. The number of anilines is 1. The zero-order valence-electron chi connectivity index (χ0n) is 17.4. The topological polar surface area (TPSA) is 52.9 Å². The molecule has 2 saturated heterocycles. The van der Waals surface area contributed by atoms with Gasteiger partial charge in [-0.15, -0.1) is 0 Å². The van der Waals surface area contributed by atoms with Crippen LogP contribution in [0, 0.1) is 0 Å². The van der Waals surface area contributed by atoms with E-state index in [1.165, 1.54) is 0 Å². The lowest BCUT2D eigenvalue weighted by atomic mass is 9.78. The lowest BCUT2D eigenvalue weighted by molar-refractivity contribution is 0.00578. The van der Waals surface area contributed by atoms with Crippen LogP contribution in [0.4, 0.5) is 5.69 Å². The maximum Gasteiger partial charge on any atom is 0.494 e. The summed E-state index contributed by atoms with van der Waals surface area (Å²) in [5.41, 5.74) is 2.13. The Morgan fingerprint density at radius 3 is 2.29 bits per heavy atom. The third kappa shape index (κ3) is 3.15. The number of fused-ring (bicyclic) bond motifs is 1. The average Bonchev–Trinajstić information content (AvgIpc) is 2.89. The first kappa shape index (κ1) is 19.5. The highest BCUT2D eigenvalue weighted by Gasteiger charge is 2.51. The molecule has 0 N–H and O–H groups in total. The van der Waals surface area contributed by atoms with Gasteiger partial charge in [-0.05, 0) is 46.1 Å². The van der Waals surface area contributed by atoms with Gasteiger partial charge in [0.05, 0.1) is 35.6 Å². The SMILES string of the molecule is CCn1c(=O)cc(N2CCOCC2)c2cc(B3OC(C)(C)C(C)(C)O3)ccc21. The highest BCUT2D eigenvalue weighted by molar-refractivity contribution is 6.62. The second-order valence-corrected chi connectivity index (χ2v) is 8.58. The van der Waals surface area contributed by atoms with Crippen molar-refractivity contribution in [3.05, 3.63) is 34.6 Å². The lowest BCUT2D eigenvalue weighted by Crippen LogP contribution is -2.41. The van der Waals surface area contributed by atoms with Crippen molar-refractivity contribution >= 4 is 29.2 Å². The minimum absolute atomic E-state index is 0.0277. The van der Waals surface area contributed by atoms with Crippen molar-refractivity contribution in [2.24, 2.45) is 0 Å². The first-order valence-corrected chi connectivity index (χ1v) is 10.1. The van der Waals surface area contributed by atoms with E-state index in [0.717, 1.165) is 35.1 Å². The highest BCUT2D eigenvalue weighted by Crippen LogP contribution is 2.37. The van der Waals surface area contributed by atoms with E-state index in [4.69, 9.17) is 14.0 Å². The number of pyridine rings is 1. The molecule has 3 heterocycles. The van der Waals surface area contributed by atoms with Gasteiger partial charge in [0.25, 0.3) is 5.56 Å². The molecule has 0 bridgehead atoms. The zero-order chi connectivity index (χ0) is 20.1. The number of aromatic nitrogens is 1. The first-order valence-electron chi connectivity index (χ1n) is 10.1. The normalized spacial score (nSPS) is 21.5. The predicted octanol–water partition coefficient (Wildman–Crippen LogP) is 2.16. The third-order valence-electron chi connectivity index (χ3n) is 6.31. The summed E-state index contributed by atoms with van der Waals surface area (Å²) in [5.74, 6) is 0. The number of nitrogens with zero attached hydrogens (tertiary/aromatic N) is 2. The van der Waals surface area contributed by atoms with Gasteiger partial charge in [-0.2, -0.15) is 0 Å². The molecule has 0 amide bonds. The van der Waals surface area contributed by atoms with Crippen LogP contribution in [0.15, 0.2) is 29.1 Å². The fraction of sp³-hybridized carbons (Fsp3) is 0.571. The van der Waals surface area contributed by atoms with Gasteiger partial charge >= 0.3 is 7.12 Å². The second kappa shape index (κ2) is 6.90. The summed E-state index contributed by atoms with van der Waals surface area (Å²) in [4.78, 5) is 14.9. The fourth-order valence-electron chi connectivity index (χ4n) is 3.90. The van der Waals surface area contributed by atoms with Crippen molar-refractivity contribution in [1.82, 2.24) is 4.57 Å². The van der Waals surface area contributed by atoms with Gasteiger partial charge < -0.3 is 23.5 Å². The standard InChI is InChI=1S/C21H29BN2O4/c1-6-24-17-8-7-15(22-27-20(2,3)21(4,5)28-22)13-16(17)18(14-19(24)25)23-9-11-26-12-10-23/h7-8,13-14H,6,9-12H2,1-5H3. The van der Waals surface area contributed by atoms with Crippen LogP contribution >= 0.6 is 0 Å². The van der Waals surface area contributed by atoms with Crippen LogP contribution in [-0.2, 0) is 20.6 Å². The Kier molecular flexibility index (Phi) is 4.80. The molecule has 0 unspecified atom stereocenters. The van der Waals surface area contributed by atoms with Crippen LogP contribution in [0.5, 0.6) is 0 Å². The first-order chi connectivity index (χ1) is 13.2. The molecule has 2 aliphatic heterocycles. The van der Waals surface area contributed by atoms with Crippen LogP contribution in [0.25, 0.3) is 10.9 Å². The number of morpholine rings is 1. The Morgan fingerprint density at radius 1 is 1.04 bits per heavy atom. The van der Waals surface area contributed by atoms with Crippen LogP contribution in [0.3, 0.4) is 0 Å². The summed E-state index contributed by atoms with van der Waals surface area (Å²) in [6.07, 6.45) is 0. The van der Waals surface area contributed by atoms with E-state index in [9.17, 15) is 4.79 Å². The molecule has 6 nitrogen and oxygen atoms in total. The second-order valence-electron chi connectivity index (χ2n) is 8.58. The van der Waals surface area contributed by atoms with Crippen molar-refractivity contribution in [1.29, 1.82) is 0 Å². The number of hydrogen-bond donors (Lipinski definition) is 0. The van der Waals surface area contributed by atoms with Gasteiger partial charge in [0.2, 0.25) is 0 Å². The molecule has 7 heteroatoms. The van der Waals surface area contributed by atoms with Gasteiger partial charge in [0.15, 0.2) is 0 Å². The summed E-state index contributed by atoms with van der Waals surface area (Å²) < 4.78 is 19.8. The van der Waals surface area contributed by atoms with Gasteiger partial charge in [-0.3, -0.25) is 4.79 Å². The van der Waals surface area contributed by atoms with E-state index in [1.54, 1.807) is 6.07 Å². The van der Waals surface area contributed by atoms with Crippen LogP contribution < -0.4 is 15.9 Å². The molecule has 28 heavy (non-hydrogen) atoms. The maximum absolute atomic E-state index is 12.7. The minimum atomic E-state index is -0.422. The Balaban J connectivity index is 1.83. The Labute approximate surface area is 166 Å². The summed E-state index contributed by atoms with van der Waals surface area (Å²) in [7, 11) is -0.422. The molecule has 150 valence electrons. The molecule has 0 spiro atoms. The lowest BCUT2D eigenvalue weighted by Gasteiger charge is -2.32. The Hall–Kier alpha value is -1.83. The van der Waals surface area contributed by atoms with Crippen LogP contribution in [-0.4, -0.2) is 49.2 Å². The van der Waals surface area contributed by atoms with E-state index in [1.807, 2.05) is 23.6 Å². The van der Waals surface area contributed by atoms with E-state index >= 15 is 0 Å². The molecule has 1 aromatic heterocycles. The number of ether oxygens (including phenoxy) is 1. The van der Waals surface area contributed by atoms with Crippen molar-refractivity contribution in [3.63, 3.8) is 0 Å². The molecule has 0 atom stereocenters. The van der Waals surface area contributed by atoms with E-state index in [0.29, 0.717) is 19.8 Å². The van der Waals surface area contributed by atoms with Gasteiger partial charge in [0.1, 0.15) is 0 Å². The number of hydrogen-bond acceptors (Lipinski definition) is 5. The highest BCUT2D eigenvalue weighted by atomic mass is 16.7. The van der Waals surface area contributed by atoms with E-state index in [2.05, 4.69) is 38.7 Å². The molecule has 2 aromatic rings. The van der Waals surface area contributed by atoms with E-state index in [-0.39, 0.29) is 16.8 Å². The minimum Gasteiger partial charge on any atom is -0.399 e. The molecule has 2 fully saturated rings. The quantitative estimate of drug-likeness (QED) is 0.760. The van der Waals surface area contributed by atoms with Crippen LogP contribution in [0.1, 0.15) is 34.6 Å². The van der Waals surface area contributed by atoms with Crippen molar-refractivity contribution in [2.45, 2.75) is 52.4 Å².